The molecule has 7 nitrogen and oxygen atoms in total. The summed E-state index contributed by atoms with van der Waals surface area (Å²) in [5.74, 6) is 1.32. The molecule has 0 radical (unpaired) electrons. The molecule has 0 saturated heterocycles. The van der Waals surface area contributed by atoms with Crippen molar-refractivity contribution in [3.63, 3.8) is 0 Å². The van der Waals surface area contributed by atoms with Crippen LogP contribution in [0.4, 0.5) is 5.69 Å². The van der Waals surface area contributed by atoms with Crippen molar-refractivity contribution < 1.29 is 23.4 Å². The molecule has 0 fully saturated rings. The summed E-state index contributed by atoms with van der Waals surface area (Å²) in [6.45, 7) is 4.28. The van der Waals surface area contributed by atoms with Crippen molar-refractivity contribution >= 4 is 22.6 Å². The lowest BCUT2D eigenvalue weighted by molar-refractivity contribution is 0.0971. The highest BCUT2D eigenvalue weighted by Crippen LogP contribution is 2.43. The van der Waals surface area contributed by atoms with Gasteiger partial charge in [0.1, 0.15) is 11.3 Å². The number of carbonyl (C=O) groups excluding carboxylic acids is 1. The molecule has 0 saturated carbocycles. The number of hydrogen-bond acceptors (Lipinski definition) is 6. The highest BCUT2D eigenvalue weighted by Gasteiger charge is 2.44. The molecule has 1 aliphatic heterocycles. The van der Waals surface area contributed by atoms with Crippen LogP contribution >= 0.6 is 0 Å². The fourth-order valence-electron chi connectivity index (χ4n) is 4.56. The largest absolute Gasteiger partial charge is 0.497 e. The van der Waals surface area contributed by atoms with Gasteiger partial charge in [-0.05, 0) is 55.8 Å². The average Bonchev–Trinajstić information content (AvgIpc) is 3.17. The summed E-state index contributed by atoms with van der Waals surface area (Å²) >= 11 is 0. The molecule has 7 heteroatoms. The zero-order chi connectivity index (χ0) is 24.7. The smallest absolute Gasteiger partial charge is 0.295 e. The van der Waals surface area contributed by atoms with E-state index in [-0.39, 0.29) is 11.2 Å². The first-order chi connectivity index (χ1) is 17.0. The van der Waals surface area contributed by atoms with Crippen LogP contribution in [0.3, 0.4) is 0 Å². The normalized spacial score (nSPS) is 14.8. The van der Waals surface area contributed by atoms with Crippen molar-refractivity contribution in [1.82, 2.24) is 0 Å². The third-order valence-corrected chi connectivity index (χ3v) is 6.16. The minimum atomic E-state index is -0.727. The lowest BCUT2D eigenvalue weighted by Gasteiger charge is -2.26. The van der Waals surface area contributed by atoms with E-state index in [1.54, 1.807) is 67.7 Å². The number of fused-ring (bicyclic) bond motifs is 2. The fraction of sp³-hybridized carbons (Fsp3) is 0.214. The van der Waals surface area contributed by atoms with Crippen molar-refractivity contribution in [2.24, 2.45) is 0 Å². The number of carbonyl (C=O) groups is 1. The summed E-state index contributed by atoms with van der Waals surface area (Å²) in [5.41, 5.74) is 2.64. The molecular weight excluding hydrogens is 446 g/mol. The van der Waals surface area contributed by atoms with Crippen molar-refractivity contribution in [3.8, 4) is 17.2 Å². The number of ether oxygens (including phenoxy) is 3. The van der Waals surface area contributed by atoms with Gasteiger partial charge in [-0.2, -0.15) is 0 Å². The summed E-state index contributed by atoms with van der Waals surface area (Å²) in [6.07, 6.45) is 0. The quantitative estimate of drug-likeness (QED) is 0.381. The maximum Gasteiger partial charge on any atom is 0.295 e. The Balaban J connectivity index is 1.79. The molecule has 0 spiro atoms. The van der Waals surface area contributed by atoms with E-state index in [0.717, 1.165) is 5.56 Å². The molecule has 5 rings (SSSR count). The van der Waals surface area contributed by atoms with Crippen LogP contribution in [0.2, 0.25) is 0 Å². The topological polar surface area (TPSA) is 78.2 Å². The maximum absolute atomic E-state index is 13.8. The number of rotatable bonds is 6. The van der Waals surface area contributed by atoms with Crippen LogP contribution in [0.25, 0.3) is 11.0 Å². The number of amides is 1. The molecule has 2 heterocycles. The van der Waals surface area contributed by atoms with Gasteiger partial charge in [-0.25, -0.2) is 0 Å². The second-order valence-corrected chi connectivity index (χ2v) is 8.30. The van der Waals surface area contributed by atoms with Gasteiger partial charge < -0.3 is 18.6 Å². The van der Waals surface area contributed by atoms with Crippen LogP contribution in [0.5, 0.6) is 17.2 Å². The Kier molecular flexibility index (Phi) is 5.68. The molecule has 1 atom stereocenters. The van der Waals surface area contributed by atoms with E-state index in [9.17, 15) is 9.59 Å². The fourth-order valence-corrected chi connectivity index (χ4v) is 4.56. The van der Waals surface area contributed by atoms with Crippen LogP contribution in [0, 0.1) is 6.92 Å². The van der Waals surface area contributed by atoms with Gasteiger partial charge in [-0.15, -0.1) is 0 Å². The molecule has 0 aliphatic carbocycles. The third kappa shape index (κ3) is 3.69. The van der Waals surface area contributed by atoms with Crippen LogP contribution < -0.4 is 24.5 Å². The number of hydrogen-bond donors (Lipinski definition) is 0. The average molecular weight is 472 g/mol. The van der Waals surface area contributed by atoms with E-state index in [1.807, 2.05) is 26.0 Å². The zero-order valence-electron chi connectivity index (χ0n) is 20.0. The number of aryl methyl sites for hydroxylation is 1. The van der Waals surface area contributed by atoms with Crippen LogP contribution in [0.15, 0.2) is 69.9 Å². The standard InChI is InChI=1S/C28H25NO6/c1-5-34-22-12-10-17(14-23(22)33-4)25-24-26(30)20-13-16(2)9-11-21(20)35-27(24)28(31)29(25)18-7-6-8-19(15-18)32-3/h6-15,25H,5H2,1-4H3. The Morgan fingerprint density at radius 2 is 1.77 bits per heavy atom. The second kappa shape index (κ2) is 8.83. The Bertz CT molecular complexity index is 1510. The molecule has 1 unspecified atom stereocenters. The number of benzene rings is 3. The van der Waals surface area contributed by atoms with Gasteiger partial charge >= 0.3 is 0 Å². The summed E-state index contributed by atoms with van der Waals surface area (Å²) in [6, 6.07) is 17.2. The first kappa shape index (κ1) is 22.5. The lowest BCUT2D eigenvalue weighted by atomic mass is 9.97. The molecular formula is C28H25NO6. The van der Waals surface area contributed by atoms with E-state index in [0.29, 0.717) is 51.6 Å². The molecule has 0 bridgehead atoms. The summed E-state index contributed by atoms with van der Waals surface area (Å²) in [4.78, 5) is 29.1. The number of methoxy groups -OCH3 is 2. The minimum Gasteiger partial charge on any atom is -0.497 e. The van der Waals surface area contributed by atoms with Crippen molar-refractivity contribution in [2.75, 3.05) is 25.7 Å². The SMILES string of the molecule is CCOc1ccc(C2c3c(oc4ccc(C)cc4c3=O)C(=O)N2c2cccc(OC)c2)cc1OC. The van der Waals surface area contributed by atoms with E-state index in [4.69, 9.17) is 18.6 Å². The second-order valence-electron chi connectivity index (χ2n) is 8.30. The molecule has 0 N–H and O–H groups in total. The first-order valence-electron chi connectivity index (χ1n) is 11.3. The highest BCUT2D eigenvalue weighted by molar-refractivity contribution is 6.10. The lowest BCUT2D eigenvalue weighted by Crippen LogP contribution is -2.29. The van der Waals surface area contributed by atoms with Gasteiger partial charge in [0.2, 0.25) is 5.76 Å². The monoisotopic (exact) mass is 471 g/mol. The zero-order valence-corrected chi connectivity index (χ0v) is 20.0. The molecule has 35 heavy (non-hydrogen) atoms. The van der Waals surface area contributed by atoms with Gasteiger partial charge in [0, 0.05) is 11.8 Å². The maximum atomic E-state index is 13.8. The Hall–Kier alpha value is -4.26. The van der Waals surface area contributed by atoms with Gasteiger partial charge in [-0.1, -0.05) is 23.8 Å². The van der Waals surface area contributed by atoms with Gasteiger partial charge in [0.25, 0.3) is 5.91 Å². The number of anilines is 1. The Morgan fingerprint density at radius 1 is 0.943 bits per heavy atom. The van der Waals surface area contributed by atoms with Crippen LogP contribution in [-0.2, 0) is 0 Å². The number of nitrogens with zero attached hydrogens (tertiary/aromatic N) is 1. The van der Waals surface area contributed by atoms with E-state index in [2.05, 4.69) is 0 Å². The molecule has 3 aromatic carbocycles. The predicted octanol–water partition coefficient (Wildman–Crippen LogP) is 5.27. The third-order valence-electron chi connectivity index (χ3n) is 6.16. The molecule has 1 amide bonds. The van der Waals surface area contributed by atoms with Crippen molar-refractivity contribution in [3.05, 3.63) is 93.3 Å². The minimum absolute atomic E-state index is 0.0343. The first-order valence-corrected chi connectivity index (χ1v) is 11.3. The summed E-state index contributed by atoms with van der Waals surface area (Å²) in [5, 5.41) is 0.437. The summed E-state index contributed by atoms with van der Waals surface area (Å²) in [7, 11) is 3.12. The van der Waals surface area contributed by atoms with Crippen LogP contribution in [0.1, 0.15) is 40.2 Å². The Morgan fingerprint density at radius 3 is 2.51 bits per heavy atom. The van der Waals surface area contributed by atoms with Gasteiger partial charge in [-0.3, -0.25) is 14.5 Å². The van der Waals surface area contributed by atoms with Crippen LogP contribution in [-0.4, -0.2) is 26.7 Å². The van der Waals surface area contributed by atoms with Gasteiger partial charge in [0.15, 0.2) is 16.9 Å². The van der Waals surface area contributed by atoms with Gasteiger partial charge in [0.05, 0.1) is 37.8 Å². The molecule has 178 valence electrons. The van der Waals surface area contributed by atoms with E-state index >= 15 is 0 Å². The van der Waals surface area contributed by atoms with Crippen molar-refractivity contribution in [2.45, 2.75) is 19.9 Å². The molecule has 1 aliphatic rings. The van der Waals surface area contributed by atoms with E-state index < -0.39 is 11.9 Å². The van der Waals surface area contributed by atoms with E-state index in [1.165, 1.54) is 0 Å². The predicted molar refractivity (Wildman–Crippen MR) is 133 cm³/mol. The molecule has 1 aromatic heterocycles. The molecule has 4 aromatic rings. The summed E-state index contributed by atoms with van der Waals surface area (Å²) < 4.78 is 22.7. The highest BCUT2D eigenvalue weighted by atomic mass is 16.5. The Labute approximate surface area is 202 Å². The van der Waals surface area contributed by atoms with Crippen molar-refractivity contribution in [1.29, 1.82) is 0 Å².